The minimum atomic E-state index is -0.328. The highest BCUT2D eigenvalue weighted by Gasteiger charge is 2.44. The Hall–Kier alpha value is -1.66. The molecule has 120 valence electrons. The summed E-state index contributed by atoms with van der Waals surface area (Å²) in [6, 6.07) is 5.71. The van der Waals surface area contributed by atoms with E-state index in [0.717, 1.165) is 12.8 Å². The molecule has 5 nitrogen and oxygen atoms in total. The first kappa shape index (κ1) is 15.2. The van der Waals surface area contributed by atoms with Gasteiger partial charge in [-0.05, 0) is 37.1 Å². The summed E-state index contributed by atoms with van der Waals surface area (Å²) < 4.78 is 29.4. The molecule has 0 spiro atoms. The van der Waals surface area contributed by atoms with Gasteiger partial charge in [0.25, 0.3) is 5.91 Å². The number of rotatable bonds is 4. The molecule has 0 aliphatic carbocycles. The third-order valence-electron chi connectivity index (χ3n) is 4.32. The van der Waals surface area contributed by atoms with E-state index in [1.54, 1.807) is 7.11 Å². The molecule has 2 saturated heterocycles. The van der Waals surface area contributed by atoms with E-state index in [4.69, 9.17) is 14.2 Å². The summed E-state index contributed by atoms with van der Waals surface area (Å²) >= 11 is 0. The van der Waals surface area contributed by atoms with E-state index in [-0.39, 0.29) is 36.6 Å². The Morgan fingerprint density at radius 3 is 2.86 bits per heavy atom. The lowest BCUT2D eigenvalue weighted by atomic mass is 9.95. The van der Waals surface area contributed by atoms with E-state index in [1.807, 2.05) is 4.90 Å². The molecular formula is C16H20FNO4. The van der Waals surface area contributed by atoms with Crippen LogP contribution in [0.15, 0.2) is 24.3 Å². The van der Waals surface area contributed by atoms with Gasteiger partial charge in [0.15, 0.2) is 6.61 Å². The molecule has 1 aromatic rings. The zero-order valence-electron chi connectivity index (χ0n) is 12.5. The van der Waals surface area contributed by atoms with Crippen molar-refractivity contribution in [2.24, 2.45) is 0 Å². The molecule has 1 amide bonds. The number of methoxy groups -OCH3 is 1. The molecule has 3 rings (SSSR count). The van der Waals surface area contributed by atoms with E-state index >= 15 is 0 Å². The summed E-state index contributed by atoms with van der Waals surface area (Å²) in [6.45, 7) is 1.25. The molecule has 0 bridgehead atoms. The van der Waals surface area contributed by atoms with Crippen LogP contribution >= 0.6 is 0 Å². The van der Waals surface area contributed by atoms with Crippen LogP contribution in [0.4, 0.5) is 4.39 Å². The quantitative estimate of drug-likeness (QED) is 0.848. The predicted molar refractivity (Wildman–Crippen MR) is 77.2 cm³/mol. The number of piperidine rings is 1. The van der Waals surface area contributed by atoms with Gasteiger partial charge in [-0.25, -0.2) is 4.39 Å². The molecular weight excluding hydrogens is 289 g/mol. The van der Waals surface area contributed by atoms with Crippen LogP contribution in [0, 0.1) is 5.82 Å². The van der Waals surface area contributed by atoms with Crippen LogP contribution in [-0.4, -0.2) is 55.9 Å². The van der Waals surface area contributed by atoms with Gasteiger partial charge in [-0.1, -0.05) is 0 Å². The summed E-state index contributed by atoms with van der Waals surface area (Å²) in [5, 5.41) is 0. The molecule has 22 heavy (non-hydrogen) atoms. The molecule has 6 heteroatoms. The van der Waals surface area contributed by atoms with Gasteiger partial charge in [0.2, 0.25) is 0 Å². The SMILES string of the molecule is CO[C@@H]1CCN(C(=O)COc2ccc(F)cc2)[C@@H]2CCO[C@H]21. The summed E-state index contributed by atoms with van der Waals surface area (Å²) in [5.74, 6) is 0.0892. The zero-order chi connectivity index (χ0) is 15.5. The van der Waals surface area contributed by atoms with E-state index in [9.17, 15) is 9.18 Å². The number of hydrogen-bond donors (Lipinski definition) is 0. The molecule has 2 aliphatic heterocycles. The number of carbonyl (C=O) groups is 1. The Morgan fingerprint density at radius 1 is 1.36 bits per heavy atom. The molecule has 0 N–H and O–H groups in total. The van der Waals surface area contributed by atoms with E-state index in [1.165, 1.54) is 24.3 Å². The second kappa shape index (κ2) is 6.62. The Kier molecular flexibility index (Phi) is 4.59. The molecule has 2 aliphatic rings. The first-order chi connectivity index (χ1) is 10.7. The fourth-order valence-corrected chi connectivity index (χ4v) is 3.21. The van der Waals surface area contributed by atoms with Crippen molar-refractivity contribution in [1.29, 1.82) is 0 Å². The maximum atomic E-state index is 12.8. The Bertz CT molecular complexity index is 521. The average Bonchev–Trinajstić information content (AvgIpc) is 3.02. The first-order valence-electron chi connectivity index (χ1n) is 7.51. The third kappa shape index (κ3) is 3.08. The fourth-order valence-electron chi connectivity index (χ4n) is 3.21. The Morgan fingerprint density at radius 2 is 2.14 bits per heavy atom. The van der Waals surface area contributed by atoms with Crippen LogP contribution in [0.5, 0.6) is 5.75 Å². The van der Waals surface area contributed by atoms with E-state index < -0.39 is 0 Å². The van der Waals surface area contributed by atoms with Crippen LogP contribution < -0.4 is 4.74 Å². The number of benzene rings is 1. The summed E-state index contributed by atoms with van der Waals surface area (Å²) in [4.78, 5) is 14.2. The van der Waals surface area contributed by atoms with Gasteiger partial charge in [0.1, 0.15) is 17.7 Å². The molecule has 1 aromatic carbocycles. The molecule has 0 unspecified atom stereocenters. The first-order valence-corrected chi connectivity index (χ1v) is 7.51. The van der Waals surface area contributed by atoms with E-state index in [2.05, 4.69) is 0 Å². The van der Waals surface area contributed by atoms with Crippen molar-refractivity contribution in [3.05, 3.63) is 30.1 Å². The number of ether oxygens (including phenoxy) is 3. The highest BCUT2D eigenvalue weighted by Crippen LogP contribution is 2.30. The van der Waals surface area contributed by atoms with Gasteiger partial charge in [-0.15, -0.1) is 0 Å². The van der Waals surface area contributed by atoms with Gasteiger partial charge in [-0.3, -0.25) is 4.79 Å². The number of amides is 1. The standard InChI is InChI=1S/C16H20FNO4/c1-20-14-6-8-18(13-7-9-21-16(13)14)15(19)10-22-12-4-2-11(17)3-5-12/h2-5,13-14,16H,6-10H2,1H3/t13-,14-,16-/m1/s1. The normalized spacial score (nSPS) is 27.5. The highest BCUT2D eigenvalue weighted by molar-refractivity contribution is 5.78. The molecule has 2 fully saturated rings. The van der Waals surface area contributed by atoms with E-state index in [0.29, 0.717) is 18.9 Å². The van der Waals surface area contributed by atoms with Crippen LogP contribution in [0.25, 0.3) is 0 Å². The summed E-state index contributed by atoms with van der Waals surface area (Å²) in [5.41, 5.74) is 0. The number of nitrogens with zero attached hydrogens (tertiary/aromatic N) is 1. The van der Waals surface area contributed by atoms with Crippen molar-refractivity contribution in [2.45, 2.75) is 31.1 Å². The number of likely N-dealkylation sites (tertiary alicyclic amines) is 1. The van der Waals surface area contributed by atoms with Gasteiger partial charge < -0.3 is 19.1 Å². The lowest BCUT2D eigenvalue weighted by Crippen LogP contribution is -2.56. The van der Waals surface area contributed by atoms with Crippen LogP contribution in [0.3, 0.4) is 0 Å². The Labute approximate surface area is 128 Å². The predicted octanol–water partition coefficient (Wildman–Crippen LogP) is 1.61. The maximum Gasteiger partial charge on any atom is 0.260 e. The van der Waals surface area contributed by atoms with Crippen molar-refractivity contribution < 1.29 is 23.4 Å². The Balaban J connectivity index is 1.59. The van der Waals surface area contributed by atoms with Gasteiger partial charge in [-0.2, -0.15) is 0 Å². The van der Waals surface area contributed by atoms with Crippen molar-refractivity contribution in [1.82, 2.24) is 4.90 Å². The largest absolute Gasteiger partial charge is 0.484 e. The summed E-state index contributed by atoms with van der Waals surface area (Å²) in [6.07, 6.45) is 1.59. The monoisotopic (exact) mass is 309 g/mol. The topological polar surface area (TPSA) is 48.0 Å². The zero-order valence-corrected chi connectivity index (χ0v) is 12.5. The van der Waals surface area contributed by atoms with Gasteiger partial charge in [0.05, 0.1) is 12.1 Å². The lowest BCUT2D eigenvalue weighted by molar-refractivity contribution is -0.145. The number of fused-ring (bicyclic) bond motifs is 1. The minimum absolute atomic E-state index is 0.0477. The second-order valence-electron chi connectivity index (χ2n) is 5.58. The van der Waals surface area contributed by atoms with Crippen LogP contribution in [0.1, 0.15) is 12.8 Å². The maximum absolute atomic E-state index is 12.8. The smallest absolute Gasteiger partial charge is 0.260 e. The van der Waals surface area contributed by atoms with Gasteiger partial charge >= 0.3 is 0 Å². The van der Waals surface area contributed by atoms with Crippen molar-refractivity contribution in [3.63, 3.8) is 0 Å². The minimum Gasteiger partial charge on any atom is -0.484 e. The molecule has 2 heterocycles. The molecule has 0 aromatic heterocycles. The van der Waals surface area contributed by atoms with Crippen LogP contribution in [-0.2, 0) is 14.3 Å². The third-order valence-corrected chi connectivity index (χ3v) is 4.32. The number of halogens is 1. The molecule has 0 radical (unpaired) electrons. The molecule has 3 atom stereocenters. The highest BCUT2D eigenvalue weighted by atomic mass is 19.1. The van der Waals surface area contributed by atoms with Gasteiger partial charge in [0, 0.05) is 20.3 Å². The van der Waals surface area contributed by atoms with Crippen molar-refractivity contribution in [2.75, 3.05) is 26.9 Å². The second-order valence-corrected chi connectivity index (χ2v) is 5.58. The number of hydrogen-bond acceptors (Lipinski definition) is 4. The molecule has 0 saturated carbocycles. The summed E-state index contributed by atoms with van der Waals surface area (Å²) in [7, 11) is 1.68. The fraction of sp³-hybridized carbons (Fsp3) is 0.562. The van der Waals surface area contributed by atoms with Crippen molar-refractivity contribution >= 4 is 5.91 Å². The lowest BCUT2D eigenvalue weighted by Gasteiger charge is -2.40. The van der Waals surface area contributed by atoms with Crippen LogP contribution in [0.2, 0.25) is 0 Å². The van der Waals surface area contributed by atoms with Crippen molar-refractivity contribution in [3.8, 4) is 5.75 Å². The average molecular weight is 309 g/mol. The number of carbonyl (C=O) groups excluding carboxylic acids is 1.